The molecule has 0 radical (unpaired) electrons. The molecule has 0 saturated heterocycles. The molecule has 0 saturated carbocycles. The lowest BCUT2D eigenvalue weighted by Gasteiger charge is -1.98. The molecule has 4 nitrogen and oxygen atoms in total. The lowest BCUT2D eigenvalue weighted by Crippen LogP contribution is -2.16. The number of amides is 1. The van der Waals surface area contributed by atoms with Crippen LogP contribution in [0, 0.1) is 5.92 Å². The summed E-state index contributed by atoms with van der Waals surface area (Å²) in [5, 5.41) is 2.22. The maximum absolute atomic E-state index is 10.5. The van der Waals surface area contributed by atoms with Gasteiger partial charge < -0.3 is 10.6 Å². The molecule has 0 aromatic carbocycles. The SMILES string of the molecule is CC(C)C(=O)C(=O)N=[N-]. The molecule has 0 spiro atoms. The lowest BCUT2D eigenvalue weighted by atomic mass is 10.1. The summed E-state index contributed by atoms with van der Waals surface area (Å²) in [6, 6.07) is 0. The second-order valence-corrected chi connectivity index (χ2v) is 1.92. The molecule has 0 heterocycles. The number of Topliss-reactive ketones (excluding diaryl/α,β-unsaturated/α-hetero) is 1. The van der Waals surface area contributed by atoms with Crippen molar-refractivity contribution in [2.75, 3.05) is 0 Å². The highest BCUT2D eigenvalue weighted by atomic mass is 16.2. The van der Waals surface area contributed by atoms with E-state index in [-0.39, 0.29) is 0 Å². The Hall–Kier alpha value is -1.06. The first kappa shape index (κ1) is 7.94. The molecule has 0 unspecified atom stereocenters. The fourth-order valence-corrected chi connectivity index (χ4v) is 0.296. The fourth-order valence-electron chi connectivity index (χ4n) is 0.296. The monoisotopic (exact) mass is 127 g/mol. The second-order valence-electron chi connectivity index (χ2n) is 1.92. The minimum atomic E-state index is -1.08. The molecule has 0 aromatic rings. The predicted molar refractivity (Wildman–Crippen MR) is 30.6 cm³/mol. The first-order chi connectivity index (χ1) is 4.09. The summed E-state index contributed by atoms with van der Waals surface area (Å²) >= 11 is 0. The summed E-state index contributed by atoms with van der Waals surface area (Å²) in [6.45, 7) is 3.12. The van der Waals surface area contributed by atoms with E-state index >= 15 is 0 Å². The number of nitrogens with zero attached hydrogens (tertiary/aromatic N) is 2. The third kappa shape index (κ3) is 2.12. The highest BCUT2D eigenvalue weighted by Gasteiger charge is 2.13. The zero-order valence-electron chi connectivity index (χ0n) is 5.29. The van der Waals surface area contributed by atoms with Crippen LogP contribution < -0.4 is 0 Å². The Bertz CT molecular complexity index is 151. The van der Waals surface area contributed by atoms with Crippen molar-refractivity contribution in [1.29, 1.82) is 0 Å². The maximum Gasteiger partial charge on any atom is 0.293 e. The van der Waals surface area contributed by atoms with Gasteiger partial charge in [0.25, 0.3) is 5.91 Å². The van der Waals surface area contributed by atoms with E-state index in [4.69, 9.17) is 5.53 Å². The van der Waals surface area contributed by atoms with Crippen molar-refractivity contribution in [3.63, 3.8) is 0 Å². The molecule has 4 heteroatoms. The van der Waals surface area contributed by atoms with Crippen molar-refractivity contribution in [1.82, 2.24) is 0 Å². The van der Waals surface area contributed by atoms with Crippen LogP contribution in [0.1, 0.15) is 13.8 Å². The summed E-state index contributed by atoms with van der Waals surface area (Å²) in [5.41, 5.74) is 7.81. The van der Waals surface area contributed by atoms with E-state index in [0.717, 1.165) is 0 Å². The molecule has 0 fully saturated rings. The van der Waals surface area contributed by atoms with Gasteiger partial charge in [-0.2, -0.15) is 0 Å². The Labute approximate surface area is 52.8 Å². The zero-order chi connectivity index (χ0) is 7.44. The number of hydrogen-bond acceptors (Lipinski definition) is 2. The number of hydrogen-bond donors (Lipinski definition) is 0. The van der Waals surface area contributed by atoms with Gasteiger partial charge in [0, 0.05) is 5.92 Å². The number of carbonyl (C=O) groups excluding carboxylic acids is 2. The summed E-state index contributed by atoms with van der Waals surface area (Å²) in [7, 11) is 0. The van der Waals surface area contributed by atoms with E-state index in [2.05, 4.69) is 5.11 Å². The third-order valence-electron chi connectivity index (χ3n) is 0.826. The summed E-state index contributed by atoms with van der Waals surface area (Å²) in [4.78, 5) is 20.7. The van der Waals surface area contributed by atoms with Gasteiger partial charge in [0.15, 0.2) is 0 Å². The van der Waals surface area contributed by atoms with Gasteiger partial charge in [-0.05, 0) is 0 Å². The largest absolute Gasteiger partial charge is 0.704 e. The van der Waals surface area contributed by atoms with Crippen LogP contribution >= 0.6 is 0 Å². The zero-order valence-corrected chi connectivity index (χ0v) is 5.29. The lowest BCUT2D eigenvalue weighted by molar-refractivity contribution is -0.137. The highest BCUT2D eigenvalue weighted by molar-refractivity contribution is 6.37. The Morgan fingerprint density at radius 3 is 2.00 bits per heavy atom. The Morgan fingerprint density at radius 1 is 1.44 bits per heavy atom. The standard InChI is InChI=1S/C5H7N2O2/c1-3(2)4(8)5(9)7-6/h3H,1-2H3/q-1. The van der Waals surface area contributed by atoms with Crippen LogP contribution in [0.2, 0.25) is 0 Å². The second kappa shape index (κ2) is 3.06. The molecule has 50 valence electrons. The van der Waals surface area contributed by atoms with Crippen molar-refractivity contribution in [2.24, 2.45) is 11.0 Å². The van der Waals surface area contributed by atoms with Crippen LogP contribution in [0.5, 0.6) is 0 Å². The molecule has 0 rings (SSSR count). The number of ketones is 1. The first-order valence-corrected chi connectivity index (χ1v) is 2.53. The van der Waals surface area contributed by atoms with Gasteiger partial charge in [-0.3, -0.25) is 9.59 Å². The normalized spacial score (nSPS) is 9.22. The average Bonchev–Trinajstić information content (AvgIpc) is 1.84. The molecular formula is C5H7N2O2-. The van der Waals surface area contributed by atoms with Crippen LogP contribution in [0.4, 0.5) is 0 Å². The highest BCUT2D eigenvalue weighted by Crippen LogP contribution is 1.95. The van der Waals surface area contributed by atoms with Gasteiger partial charge in [-0.25, -0.2) is 0 Å². The maximum atomic E-state index is 10.5. The molecule has 0 aliphatic heterocycles. The Balaban J connectivity index is 4.04. The van der Waals surface area contributed by atoms with Crippen molar-refractivity contribution in [2.45, 2.75) is 13.8 Å². The quantitative estimate of drug-likeness (QED) is 0.406. The topological polar surface area (TPSA) is 68.8 Å². The van der Waals surface area contributed by atoms with Gasteiger partial charge in [0.05, 0.1) is 0 Å². The number of rotatable bonds is 2. The van der Waals surface area contributed by atoms with E-state index in [1.165, 1.54) is 0 Å². The molecule has 0 atom stereocenters. The van der Waals surface area contributed by atoms with Crippen LogP contribution in [-0.2, 0) is 9.59 Å². The minimum Gasteiger partial charge on any atom is -0.704 e. The van der Waals surface area contributed by atoms with Crippen LogP contribution in [0.25, 0.3) is 5.53 Å². The fraction of sp³-hybridized carbons (Fsp3) is 0.600. The van der Waals surface area contributed by atoms with Crippen molar-refractivity contribution >= 4 is 11.7 Å². The molecule has 0 bridgehead atoms. The Morgan fingerprint density at radius 2 is 1.89 bits per heavy atom. The molecule has 0 N–H and O–H groups in total. The van der Waals surface area contributed by atoms with Crippen molar-refractivity contribution in [3.05, 3.63) is 5.53 Å². The van der Waals surface area contributed by atoms with E-state index in [0.29, 0.717) is 0 Å². The van der Waals surface area contributed by atoms with Crippen LogP contribution in [0.3, 0.4) is 0 Å². The first-order valence-electron chi connectivity index (χ1n) is 2.53. The minimum absolute atomic E-state index is 0.395. The van der Waals surface area contributed by atoms with Crippen LogP contribution in [-0.4, -0.2) is 11.7 Å². The molecule has 0 aromatic heterocycles. The smallest absolute Gasteiger partial charge is 0.293 e. The summed E-state index contributed by atoms with van der Waals surface area (Å²) in [5.74, 6) is -2.14. The van der Waals surface area contributed by atoms with Gasteiger partial charge in [-0.15, -0.1) is 0 Å². The van der Waals surface area contributed by atoms with Gasteiger partial charge >= 0.3 is 0 Å². The summed E-state index contributed by atoms with van der Waals surface area (Å²) < 4.78 is 0. The molecule has 1 amide bonds. The molecule has 0 aliphatic carbocycles. The third-order valence-corrected chi connectivity index (χ3v) is 0.826. The van der Waals surface area contributed by atoms with Gasteiger partial charge in [0.1, 0.15) is 0 Å². The van der Waals surface area contributed by atoms with E-state index in [1.807, 2.05) is 0 Å². The van der Waals surface area contributed by atoms with Gasteiger partial charge in [0.2, 0.25) is 5.78 Å². The number of carbonyl (C=O) groups is 2. The molecule has 9 heavy (non-hydrogen) atoms. The van der Waals surface area contributed by atoms with E-state index in [9.17, 15) is 9.59 Å². The predicted octanol–water partition coefficient (Wildman–Crippen LogP) is 0.760. The average molecular weight is 127 g/mol. The van der Waals surface area contributed by atoms with Crippen LogP contribution in [0.15, 0.2) is 5.11 Å². The van der Waals surface area contributed by atoms with Gasteiger partial charge in [-0.1, -0.05) is 13.8 Å². The summed E-state index contributed by atoms with van der Waals surface area (Å²) in [6.07, 6.45) is 0. The van der Waals surface area contributed by atoms with Crippen molar-refractivity contribution in [3.8, 4) is 0 Å². The van der Waals surface area contributed by atoms with E-state index < -0.39 is 17.6 Å². The Kier molecular flexibility index (Phi) is 2.70. The van der Waals surface area contributed by atoms with E-state index in [1.54, 1.807) is 13.8 Å². The molecule has 0 aliphatic rings. The molecular weight excluding hydrogens is 120 g/mol. The van der Waals surface area contributed by atoms with Crippen molar-refractivity contribution < 1.29 is 9.59 Å².